The number of hydrogen-bond donors (Lipinski definition) is 1. The minimum atomic E-state index is 0.117. The van der Waals surface area contributed by atoms with E-state index >= 15 is 0 Å². The molecule has 1 saturated heterocycles. The highest BCUT2D eigenvalue weighted by molar-refractivity contribution is 9.10. The first-order valence-corrected chi connectivity index (χ1v) is 6.28. The molecule has 0 bridgehead atoms. The molecule has 1 unspecified atom stereocenters. The minimum absolute atomic E-state index is 0.117. The molecule has 3 nitrogen and oxygen atoms in total. The van der Waals surface area contributed by atoms with Gasteiger partial charge in [0.15, 0.2) is 0 Å². The van der Waals surface area contributed by atoms with Crippen molar-refractivity contribution in [1.82, 2.24) is 0 Å². The van der Waals surface area contributed by atoms with Gasteiger partial charge < -0.3 is 10.6 Å². The van der Waals surface area contributed by atoms with Crippen molar-refractivity contribution in [1.29, 1.82) is 0 Å². The fraction of sp³-hybridized carbons (Fsp3) is 0.300. The van der Waals surface area contributed by atoms with Crippen molar-refractivity contribution in [3.05, 3.63) is 22.7 Å². The quantitative estimate of drug-likeness (QED) is 0.634. The van der Waals surface area contributed by atoms with Crippen LogP contribution in [0.25, 0.3) is 0 Å². The summed E-state index contributed by atoms with van der Waals surface area (Å²) in [5.41, 5.74) is 7.29. The summed E-state index contributed by atoms with van der Waals surface area (Å²) in [6, 6.07) is 5.56. The Morgan fingerprint density at radius 1 is 1.47 bits per heavy atom. The van der Waals surface area contributed by atoms with Gasteiger partial charge in [0.25, 0.3) is 0 Å². The van der Waals surface area contributed by atoms with Gasteiger partial charge >= 0.3 is 0 Å². The highest BCUT2D eigenvalue weighted by Gasteiger charge is 2.29. The van der Waals surface area contributed by atoms with E-state index in [0.717, 1.165) is 10.2 Å². The molecule has 2 N–H and O–H groups in total. The summed E-state index contributed by atoms with van der Waals surface area (Å²) >= 11 is 6.78. The Morgan fingerprint density at radius 3 is 2.73 bits per heavy atom. The second-order valence-electron chi connectivity index (χ2n) is 3.51. The number of carbonyl (C=O) groups excluding carboxylic acids is 1. The molecule has 5 heteroatoms. The topological polar surface area (TPSA) is 46.3 Å². The molecule has 0 aliphatic carbocycles. The largest absolute Gasteiger partial charge is 0.397 e. The van der Waals surface area contributed by atoms with E-state index < -0.39 is 0 Å². The van der Waals surface area contributed by atoms with E-state index in [0.29, 0.717) is 18.7 Å². The Labute approximate surface area is 105 Å². The number of nitrogen functional groups attached to an aromatic ring is 1. The van der Waals surface area contributed by atoms with E-state index in [9.17, 15) is 4.79 Å². The van der Waals surface area contributed by atoms with Gasteiger partial charge in [-0.25, -0.2) is 0 Å². The standard InChI is InChI=1S/C10H10Br2N2O/c11-6-1-2-9(8(13)3-6)14-5-7(12)4-10(14)15/h1-3,7H,4-5,13H2. The normalized spacial score (nSPS) is 21.1. The summed E-state index contributed by atoms with van der Waals surface area (Å²) < 4.78 is 0.922. The van der Waals surface area contributed by atoms with Crippen LogP contribution in [0.4, 0.5) is 11.4 Å². The summed E-state index contributed by atoms with van der Waals surface area (Å²) in [5, 5.41) is 0. The first kappa shape index (κ1) is 11.0. The number of benzene rings is 1. The van der Waals surface area contributed by atoms with Gasteiger partial charge in [0.05, 0.1) is 11.4 Å². The SMILES string of the molecule is Nc1cc(Br)ccc1N1CC(Br)CC1=O. The fourth-order valence-electron chi connectivity index (χ4n) is 1.67. The van der Waals surface area contributed by atoms with Crippen molar-refractivity contribution in [3.63, 3.8) is 0 Å². The minimum Gasteiger partial charge on any atom is -0.397 e. The molecular weight excluding hydrogens is 324 g/mol. The number of amides is 1. The number of rotatable bonds is 1. The van der Waals surface area contributed by atoms with Crippen LogP contribution in [-0.2, 0) is 4.79 Å². The zero-order chi connectivity index (χ0) is 11.0. The lowest BCUT2D eigenvalue weighted by Gasteiger charge is -2.18. The van der Waals surface area contributed by atoms with Crippen LogP contribution in [0.3, 0.4) is 0 Å². The number of halogens is 2. The lowest BCUT2D eigenvalue weighted by molar-refractivity contribution is -0.117. The van der Waals surface area contributed by atoms with E-state index in [1.807, 2.05) is 18.2 Å². The first-order chi connectivity index (χ1) is 7.08. The summed E-state index contributed by atoms with van der Waals surface area (Å²) in [5.74, 6) is 0.117. The summed E-state index contributed by atoms with van der Waals surface area (Å²) in [6.45, 7) is 0.685. The third kappa shape index (κ3) is 2.18. The van der Waals surface area contributed by atoms with Gasteiger partial charge in [-0.1, -0.05) is 31.9 Å². The van der Waals surface area contributed by atoms with Crippen molar-refractivity contribution in [2.75, 3.05) is 17.2 Å². The van der Waals surface area contributed by atoms with Crippen molar-refractivity contribution < 1.29 is 4.79 Å². The third-order valence-corrected chi connectivity index (χ3v) is 3.46. The van der Waals surface area contributed by atoms with E-state index in [2.05, 4.69) is 31.9 Å². The molecule has 0 radical (unpaired) electrons. The number of hydrogen-bond acceptors (Lipinski definition) is 2. The van der Waals surface area contributed by atoms with Crippen LogP contribution in [-0.4, -0.2) is 17.3 Å². The Kier molecular flexibility index (Phi) is 3.02. The molecule has 1 atom stereocenters. The molecular formula is C10H10Br2N2O. The highest BCUT2D eigenvalue weighted by Crippen LogP contribution is 2.31. The Morgan fingerprint density at radius 2 is 2.20 bits per heavy atom. The van der Waals surface area contributed by atoms with E-state index in [-0.39, 0.29) is 10.7 Å². The van der Waals surface area contributed by atoms with Crippen LogP contribution in [0.15, 0.2) is 22.7 Å². The second-order valence-corrected chi connectivity index (χ2v) is 5.72. The van der Waals surface area contributed by atoms with Gasteiger partial charge in [-0.15, -0.1) is 0 Å². The van der Waals surface area contributed by atoms with Crippen LogP contribution in [0, 0.1) is 0 Å². The molecule has 1 aromatic carbocycles. The molecule has 1 aliphatic rings. The maximum absolute atomic E-state index is 11.7. The van der Waals surface area contributed by atoms with Crippen molar-refractivity contribution in [3.8, 4) is 0 Å². The van der Waals surface area contributed by atoms with Crippen molar-refractivity contribution in [2.45, 2.75) is 11.2 Å². The zero-order valence-corrected chi connectivity index (χ0v) is 11.1. The number of alkyl halides is 1. The first-order valence-electron chi connectivity index (χ1n) is 4.57. The van der Waals surface area contributed by atoms with Gasteiger partial charge in [-0.05, 0) is 18.2 Å². The monoisotopic (exact) mass is 332 g/mol. The fourth-order valence-corrected chi connectivity index (χ4v) is 2.61. The average molecular weight is 334 g/mol. The van der Waals surface area contributed by atoms with E-state index in [1.54, 1.807) is 4.90 Å². The molecule has 1 aliphatic heterocycles. The van der Waals surface area contributed by atoms with Crippen molar-refractivity contribution in [2.24, 2.45) is 0 Å². The number of nitrogens with two attached hydrogens (primary N) is 1. The Hall–Kier alpha value is -0.550. The predicted octanol–water partition coefficient (Wildman–Crippen LogP) is 2.53. The van der Waals surface area contributed by atoms with E-state index in [1.165, 1.54) is 0 Å². The molecule has 0 aromatic heterocycles. The van der Waals surface area contributed by atoms with Gasteiger partial charge in [-0.3, -0.25) is 4.79 Å². The number of nitrogens with zero attached hydrogens (tertiary/aromatic N) is 1. The molecule has 1 fully saturated rings. The van der Waals surface area contributed by atoms with Crippen LogP contribution in [0.2, 0.25) is 0 Å². The molecule has 1 aromatic rings. The smallest absolute Gasteiger partial charge is 0.228 e. The lowest BCUT2D eigenvalue weighted by Crippen LogP contribution is -2.25. The zero-order valence-electron chi connectivity index (χ0n) is 7.91. The van der Waals surface area contributed by atoms with Gasteiger partial charge in [0.2, 0.25) is 5.91 Å². The van der Waals surface area contributed by atoms with Crippen molar-refractivity contribution >= 4 is 49.1 Å². The maximum atomic E-state index is 11.7. The van der Waals surface area contributed by atoms with Crippen LogP contribution in [0.1, 0.15) is 6.42 Å². The van der Waals surface area contributed by atoms with E-state index in [4.69, 9.17) is 5.73 Å². The summed E-state index contributed by atoms with van der Waals surface area (Å²) in [7, 11) is 0. The van der Waals surface area contributed by atoms with Gasteiger partial charge in [0, 0.05) is 22.3 Å². The summed E-state index contributed by atoms with van der Waals surface area (Å²) in [4.78, 5) is 13.6. The molecule has 15 heavy (non-hydrogen) atoms. The van der Waals surface area contributed by atoms with Gasteiger partial charge in [0.1, 0.15) is 0 Å². The molecule has 0 spiro atoms. The Bertz CT molecular complexity index is 408. The predicted molar refractivity (Wildman–Crippen MR) is 68.2 cm³/mol. The highest BCUT2D eigenvalue weighted by atomic mass is 79.9. The second kappa shape index (κ2) is 4.14. The third-order valence-electron chi connectivity index (χ3n) is 2.36. The molecule has 1 heterocycles. The molecule has 0 saturated carbocycles. The maximum Gasteiger partial charge on any atom is 0.228 e. The number of anilines is 2. The summed E-state index contributed by atoms with van der Waals surface area (Å²) in [6.07, 6.45) is 0.537. The van der Waals surface area contributed by atoms with Gasteiger partial charge in [-0.2, -0.15) is 0 Å². The van der Waals surface area contributed by atoms with Crippen LogP contribution < -0.4 is 10.6 Å². The number of carbonyl (C=O) groups is 1. The molecule has 80 valence electrons. The van der Waals surface area contributed by atoms with Crippen LogP contribution in [0.5, 0.6) is 0 Å². The molecule has 2 rings (SSSR count). The Balaban J connectivity index is 2.34. The van der Waals surface area contributed by atoms with Crippen LogP contribution >= 0.6 is 31.9 Å². The average Bonchev–Trinajstić information content (AvgIpc) is 2.45. The lowest BCUT2D eigenvalue weighted by atomic mass is 10.2. The molecule has 1 amide bonds.